The van der Waals surface area contributed by atoms with E-state index in [1.807, 2.05) is 35.4 Å². The lowest BCUT2D eigenvalue weighted by atomic mass is 10.3. The Morgan fingerprint density at radius 3 is 2.85 bits per heavy atom. The Balaban J connectivity index is 1.33. The number of carbonyl (C=O) groups is 1. The normalized spacial score (nSPS) is 15.4. The Hall–Kier alpha value is -3.00. The SMILES string of the molecule is O=C(c1cn2cccnc2n1)N1CCCN(c2nc3ccccc3s2)CC1. The molecule has 0 atom stereocenters. The minimum atomic E-state index is -0.0355. The number of fused-ring (bicyclic) bond motifs is 2. The predicted molar refractivity (Wildman–Crippen MR) is 105 cm³/mol. The summed E-state index contributed by atoms with van der Waals surface area (Å²) in [6, 6.07) is 10.0. The van der Waals surface area contributed by atoms with Gasteiger partial charge in [-0.25, -0.2) is 15.0 Å². The van der Waals surface area contributed by atoms with E-state index in [1.165, 1.54) is 4.70 Å². The number of para-hydroxylation sites is 1. The van der Waals surface area contributed by atoms with Crippen molar-refractivity contribution >= 4 is 38.4 Å². The Bertz CT molecular complexity index is 1050. The second kappa shape index (κ2) is 6.62. The lowest BCUT2D eigenvalue weighted by molar-refractivity contribution is 0.0762. The van der Waals surface area contributed by atoms with Gasteiger partial charge in [-0.1, -0.05) is 23.5 Å². The van der Waals surface area contributed by atoms with Crippen LogP contribution in [0.1, 0.15) is 16.9 Å². The second-order valence-electron chi connectivity index (χ2n) is 6.55. The number of rotatable bonds is 2. The van der Waals surface area contributed by atoms with E-state index in [1.54, 1.807) is 28.1 Å². The number of imidazole rings is 1. The maximum absolute atomic E-state index is 12.9. The average molecular weight is 378 g/mol. The van der Waals surface area contributed by atoms with Crippen LogP contribution in [0, 0.1) is 0 Å². The molecule has 1 aromatic carbocycles. The van der Waals surface area contributed by atoms with Gasteiger partial charge in [0.05, 0.1) is 10.2 Å². The number of amides is 1. The monoisotopic (exact) mass is 378 g/mol. The molecule has 4 heterocycles. The first-order valence-corrected chi connectivity index (χ1v) is 9.79. The number of nitrogens with zero attached hydrogens (tertiary/aromatic N) is 6. The minimum absolute atomic E-state index is 0.0355. The highest BCUT2D eigenvalue weighted by Gasteiger charge is 2.23. The summed E-state index contributed by atoms with van der Waals surface area (Å²) in [5, 5.41) is 1.03. The Morgan fingerprint density at radius 1 is 1.04 bits per heavy atom. The van der Waals surface area contributed by atoms with Crippen LogP contribution in [-0.4, -0.2) is 56.3 Å². The Kier molecular flexibility index (Phi) is 3.97. The van der Waals surface area contributed by atoms with E-state index >= 15 is 0 Å². The second-order valence-corrected chi connectivity index (χ2v) is 7.56. The van der Waals surface area contributed by atoms with E-state index in [0.29, 0.717) is 18.0 Å². The lowest BCUT2D eigenvalue weighted by Crippen LogP contribution is -2.35. The van der Waals surface area contributed by atoms with Crippen LogP contribution in [0.3, 0.4) is 0 Å². The number of thiazole rings is 1. The van der Waals surface area contributed by atoms with Gasteiger partial charge in [0.15, 0.2) is 5.13 Å². The summed E-state index contributed by atoms with van der Waals surface area (Å²) in [5.41, 5.74) is 1.48. The van der Waals surface area contributed by atoms with Gasteiger partial charge in [-0.3, -0.25) is 9.20 Å². The highest BCUT2D eigenvalue weighted by atomic mass is 32.1. The zero-order valence-electron chi connectivity index (χ0n) is 14.7. The first-order chi connectivity index (χ1) is 13.3. The molecule has 0 N–H and O–H groups in total. The summed E-state index contributed by atoms with van der Waals surface area (Å²) >= 11 is 1.71. The first kappa shape index (κ1) is 16.2. The molecule has 136 valence electrons. The quantitative estimate of drug-likeness (QED) is 0.537. The fourth-order valence-electron chi connectivity index (χ4n) is 3.40. The van der Waals surface area contributed by atoms with Crippen LogP contribution in [0.5, 0.6) is 0 Å². The molecule has 27 heavy (non-hydrogen) atoms. The topological polar surface area (TPSA) is 66.6 Å². The fourth-order valence-corrected chi connectivity index (χ4v) is 4.42. The molecule has 1 amide bonds. The number of aromatic nitrogens is 4. The molecule has 0 radical (unpaired) electrons. The first-order valence-electron chi connectivity index (χ1n) is 8.97. The van der Waals surface area contributed by atoms with Crippen LogP contribution in [0.4, 0.5) is 5.13 Å². The van der Waals surface area contributed by atoms with Gasteiger partial charge >= 0.3 is 0 Å². The number of carbonyl (C=O) groups excluding carboxylic acids is 1. The predicted octanol–water partition coefficient (Wildman–Crippen LogP) is 2.69. The van der Waals surface area contributed by atoms with E-state index in [9.17, 15) is 4.79 Å². The Labute approximate surface area is 159 Å². The molecule has 1 saturated heterocycles. The van der Waals surface area contributed by atoms with E-state index < -0.39 is 0 Å². The van der Waals surface area contributed by atoms with Crippen molar-refractivity contribution in [2.24, 2.45) is 0 Å². The van der Waals surface area contributed by atoms with Crippen LogP contribution in [-0.2, 0) is 0 Å². The van der Waals surface area contributed by atoms with Gasteiger partial charge in [-0.2, -0.15) is 0 Å². The number of anilines is 1. The van der Waals surface area contributed by atoms with Crippen molar-refractivity contribution in [3.8, 4) is 0 Å². The van der Waals surface area contributed by atoms with E-state index in [4.69, 9.17) is 4.98 Å². The summed E-state index contributed by atoms with van der Waals surface area (Å²) in [7, 11) is 0. The van der Waals surface area contributed by atoms with Crippen molar-refractivity contribution in [1.82, 2.24) is 24.3 Å². The molecule has 0 aliphatic carbocycles. The van der Waals surface area contributed by atoms with Gasteiger partial charge in [0.2, 0.25) is 5.78 Å². The average Bonchev–Trinajstić information content (AvgIpc) is 3.24. The molecular formula is C19H18N6OS. The third-order valence-corrected chi connectivity index (χ3v) is 5.89. The third-order valence-electron chi connectivity index (χ3n) is 4.79. The standard InChI is InChI=1S/C19H18N6OS/c26-17(15-13-25-8-3-7-20-18(25)21-15)23-9-4-10-24(12-11-23)19-22-14-5-1-2-6-16(14)27-19/h1-3,5-8,13H,4,9-12H2. The molecule has 1 fully saturated rings. The number of hydrogen-bond acceptors (Lipinski definition) is 6. The molecule has 4 aromatic rings. The van der Waals surface area contributed by atoms with E-state index in [-0.39, 0.29) is 5.91 Å². The number of benzene rings is 1. The van der Waals surface area contributed by atoms with Crippen molar-refractivity contribution in [1.29, 1.82) is 0 Å². The van der Waals surface area contributed by atoms with Gasteiger partial charge in [-0.05, 0) is 24.6 Å². The molecule has 3 aromatic heterocycles. The van der Waals surface area contributed by atoms with Crippen LogP contribution in [0.2, 0.25) is 0 Å². The zero-order valence-corrected chi connectivity index (χ0v) is 15.5. The molecule has 7 nitrogen and oxygen atoms in total. The summed E-state index contributed by atoms with van der Waals surface area (Å²) < 4.78 is 2.97. The molecule has 0 bridgehead atoms. The summed E-state index contributed by atoms with van der Waals surface area (Å²) in [5.74, 6) is 0.512. The molecule has 0 saturated carbocycles. The highest BCUT2D eigenvalue weighted by Crippen LogP contribution is 2.29. The maximum atomic E-state index is 12.9. The van der Waals surface area contributed by atoms with Crippen LogP contribution in [0.25, 0.3) is 16.0 Å². The molecular weight excluding hydrogens is 360 g/mol. The molecule has 5 rings (SSSR count). The van der Waals surface area contributed by atoms with Crippen molar-refractivity contribution in [2.45, 2.75) is 6.42 Å². The van der Waals surface area contributed by atoms with Crippen molar-refractivity contribution in [3.63, 3.8) is 0 Å². The third kappa shape index (κ3) is 3.02. The highest BCUT2D eigenvalue weighted by molar-refractivity contribution is 7.22. The maximum Gasteiger partial charge on any atom is 0.274 e. The molecule has 0 unspecified atom stereocenters. The van der Waals surface area contributed by atoms with Gasteiger partial charge in [0.1, 0.15) is 5.69 Å². The smallest absolute Gasteiger partial charge is 0.274 e. The Morgan fingerprint density at radius 2 is 1.96 bits per heavy atom. The molecule has 1 aliphatic heterocycles. The van der Waals surface area contributed by atoms with E-state index in [0.717, 1.165) is 36.7 Å². The molecule has 1 aliphatic rings. The number of hydrogen-bond donors (Lipinski definition) is 0. The van der Waals surface area contributed by atoms with Gasteiger partial charge in [0, 0.05) is 44.8 Å². The summed E-state index contributed by atoms with van der Waals surface area (Å²) in [4.78, 5) is 30.4. The lowest BCUT2D eigenvalue weighted by Gasteiger charge is -2.20. The van der Waals surface area contributed by atoms with Gasteiger partial charge < -0.3 is 9.80 Å². The van der Waals surface area contributed by atoms with Crippen LogP contribution in [0.15, 0.2) is 48.9 Å². The largest absolute Gasteiger partial charge is 0.346 e. The van der Waals surface area contributed by atoms with Crippen LogP contribution < -0.4 is 4.90 Å². The molecule has 0 spiro atoms. The van der Waals surface area contributed by atoms with Crippen molar-refractivity contribution in [2.75, 3.05) is 31.1 Å². The van der Waals surface area contributed by atoms with Crippen LogP contribution >= 0.6 is 11.3 Å². The minimum Gasteiger partial charge on any atom is -0.346 e. The van der Waals surface area contributed by atoms with E-state index in [2.05, 4.69) is 20.9 Å². The summed E-state index contributed by atoms with van der Waals surface area (Å²) in [6.45, 7) is 3.06. The van der Waals surface area contributed by atoms with Crippen molar-refractivity contribution < 1.29 is 4.79 Å². The van der Waals surface area contributed by atoms with Crippen molar-refractivity contribution in [3.05, 3.63) is 54.6 Å². The summed E-state index contributed by atoms with van der Waals surface area (Å²) in [6.07, 6.45) is 6.19. The zero-order chi connectivity index (χ0) is 18.2. The molecule has 8 heteroatoms. The fraction of sp³-hybridized carbons (Fsp3) is 0.263. The van der Waals surface area contributed by atoms with Gasteiger partial charge in [0.25, 0.3) is 5.91 Å². The van der Waals surface area contributed by atoms with Gasteiger partial charge in [-0.15, -0.1) is 0 Å².